The molecular formula is C20H18N2. The lowest BCUT2D eigenvalue weighted by atomic mass is 10.00. The van der Waals surface area contributed by atoms with Crippen molar-refractivity contribution in [1.29, 1.82) is 5.26 Å². The van der Waals surface area contributed by atoms with Gasteiger partial charge in [-0.05, 0) is 47.7 Å². The van der Waals surface area contributed by atoms with Gasteiger partial charge in [-0.3, -0.25) is 0 Å². The second-order valence-electron chi connectivity index (χ2n) is 4.28. The summed E-state index contributed by atoms with van der Waals surface area (Å²) in [5.41, 5.74) is 3.56. The molecule has 22 heavy (non-hydrogen) atoms. The summed E-state index contributed by atoms with van der Waals surface area (Å²) >= 11 is 0. The van der Waals surface area contributed by atoms with Gasteiger partial charge >= 0.3 is 0 Å². The van der Waals surface area contributed by atoms with Gasteiger partial charge in [-0.2, -0.15) is 5.26 Å². The van der Waals surface area contributed by atoms with Crippen molar-refractivity contribution in [3.8, 4) is 30.8 Å². The fraction of sp³-hybridized carbons (Fsp3) is 0.150. The molecule has 0 radical (unpaired) electrons. The van der Waals surface area contributed by atoms with E-state index in [0.29, 0.717) is 11.1 Å². The molecule has 0 amide bonds. The molecule has 108 valence electrons. The summed E-state index contributed by atoms with van der Waals surface area (Å²) in [6, 6.07) is 9.95. The average Bonchev–Trinajstić information content (AvgIpc) is 3.03. The number of H-pyrrole nitrogens is 1. The number of aromatic nitrogens is 1. The SMILES string of the molecule is C#CC(=C\c1ccc2[nH]ccc2c1)/C(C)=C(\C#C)C#N.CC. The highest BCUT2D eigenvalue weighted by Gasteiger charge is 2.04. The van der Waals surface area contributed by atoms with Gasteiger partial charge in [0, 0.05) is 17.3 Å². The van der Waals surface area contributed by atoms with Gasteiger partial charge in [-0.25, -0.2) is 0 Å². The lowest BCUT2D eigenvalue weighted by molar-refractivity contribution is 1.41. The third-order valence-electron chi connectivity index (χ3n) is 3.08. The predicted octanol–water partition coefficient (Wildman–Crippen LogP) is 4.68. The number of fused-ring (bicyclic) bond motifs is 1. The van der Waals surface area contributed by atoms with E-state index in [1.807, 2.05) is 56.5 Å². The van der Waals surface area contributed by atoms with Crippen molar-refractivity contribution in [1.82, 2.24) is 4.98 Å². The van der Waals surface area contributed by atoms with Crippen LogP contribution in [0.1, 0.15) is 26.3 Å². The minimum Gasteiger partial charge on any atom is -0.361 e. The molecule has 0 fully saturated rings. The molecule has 0 bridgehead atoms. The Hall–Kier alpha value is -3.15. The Morgan fingerprint density at radius 1 is 1.18 bits per heavy atom. The van der Waals surface area contributed by atoms with Gasteiger partial charge in [0.1, 0.15) is 11.6 Å². The Morgan fingerprint density at radius 2 is 1.91 bits per heavy atom. The molecular weight excluding hydrogens is 268 g/mol. The van der Waals surface area contributed by atoms with E-state index in [-0.39, 0.29) is 5.57 Å². The summed E-state index contributed by atoms with van der Waals surface area (Å²) in [5.74, 6) is 4.94. The molecule has 0 aliphatic carbocycles. The van der Waals surface area contributed by atoms with E-state index in [9.17, 15) is 0 Å². The van der Waals surface area contributed by atoms with E-state index in [0.717, 1.165) is 16.5 Å². The maximum Gasteiger partial charge on any atom is 0.109 e. The molecule has 0 atom stereocenters. The molecule has 0 aliphatic rings. The molecule has 0 aliphatic heterocycles. The van der Waals surface area contributed by atoms with E-state index in [1.54, 1.807) is 6.92 Å². The second kappa shape index (κ2) is 8.21. The lowest BCUT2D eigenvalue weighted by Crippen LogP contribution is -1.88. The van der Waals surface area contributed by atoms with Crippen LogP contribution in [0.3, 0.4) is 0 Å². The van der Waals surface area contributed by atoms with E-state index < -0.39 is 0 Å². The standard InChI is InChI=1S/C18H12N2.C2H6/c1-4-15(13(3)16(5-2)12-19)10-14-6-7-18-17(11-14)8-9-20-18;1-2/h1-2,6-11,20H,3H3;1-2H3/b15-10+,16-13+;. The molecule has 2 nitrogen and oxygen atoms in total. The van der Waals surface area contributed by atoms with Crippen LogP contribution in [-0.2, 0) is 0 Å². The van der Waals surface area contributed by atoms with Gasteiger partial charge in [-0.15, -0.1) is 12.8 Å². The minimum atomic E-state index is 0.261. The Labute approximate surface area is 132 Å². The van der Waals surface area contributed by atoms with Crippen LogP contribution < -0.4 is 0 Å². The molecule has 0 saturated carbocycles. The lowest BCUT2D eigenvalue weighted by Gasteiger charge is -2.02. The smallest absolute Gasteiger partial charge is 0.109 e. The average molecular weight is 286 g/mol. The first kappa shape index (κ1) is 16.9. The van der Waals surface area contributed by atoms with E-state index >= 15 is 0 Å². The Bertz CT molecular complexity index is 824. The summed E-state index contributed by atoms with van der Waals surface area (Å²) in [7, 11) is 0. The molecule has 1 N–H and O–H groups in total. The predicted molar refractivity (Wildman–Crippen MR) is 93.6 cm³/mol. The first-order chi connectivity index (χ1) is 10.7. The number of nitrogens with zero attached hydrogens (tertiary/aromatic N) is 1. The van der Waals surface area contributed by atoms with Gasteiger partial charge in [0.05, 0.1) is 0 Å². The van der Waals surface area contributed by atoms with Crippen LogP contribution in [-0.4, -0.2) is 4.98 Å². The fourth-order valence-electron chi connectivity index (χ4n) is 1.95. The molecule has 2 aromatic rings. The van der Waals surface area contributed by atoms with Crippen LogP contribution in [0.5, 0.6) is 0 Å². The highest BCUT2D eigenvalue weighted by molar-refractivity contribution is 5.83. The largest absolute Gasteiger partial charge is 0.361 e. The van der Waals surface area contributed by atoms with Crippen molar-refractivity contribution in [2.45, 2.75) is 20.8 Å². The first-order valence-corrected chi connectivity index (χ1v) is 7.03. The van der Waals surface area contributed by atoms with Crippen LogP contribution in [0.4, 0.5) is 0 Å². The molecule has 2 heteroatoms. The molecule has 1 aromatic heterocycles. The quantitative estimate of drug-likeness (QED) is 0.486. The Morgan fingerprint density at radius 3 is 2.50 bits per heavy atom. The zero-order chi connectivity index (χ0) is 16.5. The van der Waals surface area contributed by atoms with Crippen LogP contribution in [0.15, 0.2) is 47.2 Å². The van der Waals surface area contributed by atoms with E-state index in [2.05, 4.69) is 16.8 Å². The van der Waals surface area contributed by atoms with Crippen LogP contribution in [0.2, 0.25) is 0 Å². The van der Waals surface area contributed by atoms with Gasteiger partial charge in [0.15, 0.2) is 0 Å². The van der Waals surface area contributed by atoms with Gasteiger partial charge in [-0.1, -0.05) is 31.8 Å². The Balaban J connectivity index is 0.00000116. The molecule has 1 heterocycles. The first-order valence-electron chi connectivity index (χ1n) is 7.03. The number of allylic oxidation sites excluding steroid dienone is 3. The van der Waals surface area contributed by atoms with Crippen LogP contribution >= 0.6 is 0 Å². The van der Waals surface area contributed by atoms with Gasteiger partial charge in [0.2, 0.25) is 0 Å². The number of hydrogen-bond acceptors (Lipinski definition) is 1. The topological polar surface area (TPSA) is 39.6 Å². The molecule has 1 aromatic carbocycles. The number of nitrogens with one attached hydrogen (secondary N) is 1. The number of nitriles is 1. The summed E-state index contributed by atoms with van der Waals surface area (Å²) < 4.78 is 0. The summed E-state index contributed by atoms with van der Waals surface area (Å²) in [5, 5.41) is 10.1. The highest BCUT2D eigenvalue weighted by Crippen LogP contribution is 2.20. The minimum absolute atomic E-state index is 0.261. The van der Waals surface area contributed by atoms with Crippen molar-refractivity contribution in [2.75, 3.05) is 0 Å². The van der Waals surface area contributed by atoms with Crippen molar-refractivity contribution in [3.05, 3.63) is 52.7 Å². The normalized spacial score (nSPS) is 11.4. The number of aromatic amines is 1. The number of rotatable bonds is 2. The van der Waals surface area contributed by atoms with E-state index in [1.165, 1.54) is 0 Å². The number of terminal acetylenes is 2. The van der Waals surface area contributed by atoms with Crippen molar-refractivity contribution >= 4 is 17.0 Å². The van der Waals surface area contributed by atoms with Gasteiger partial charge in [0.25, 0.3) is 0 Å². The van der Waals surface area contributed by atoms with Crippen LogP contribution in [0, 0.1) is 36.0 Å². The highest BCUT2D eigenvalue weighted by atomic mass is 14.7. The molecule has 0 saturated heterocycles. The monoisotopic (exact) mass is 286 g/mol. The summed E-state index contributed by atoms with van der Waals surface area (Å²) in [4.78, 5) is 3.13. The maximum absolute atomic E-state index is 8.97. The molecule has 0 unspecified atom stereocenters. The number of hydrogen-bond donors (Lipinski definition) is 1. The zero-order valence-corrected chi connectivity index (χ0v) is 13.1. The molecule has 2 rings (SSSR count). The molecule has 0 spiro atoms. The number of benzene rings is 1. The van der Waals surface area contributed by atoms with Crippen LogP contribution in [0.25, 0.3) is 17.0 Å². The third-order valence-corrected chi connectivity index (χ3v) is 3.08. The van der Waals surface area contributed by atoms with Gasteiger partial charge < -0.3 is 4.98 Å². The fourth-order valence-corrected chi connectivity index (χ4v) is 1.95. The summed E-state index contributed by atoms with van der Waals surface area (Å²) in [6.07, 6.45) is 14.6. The summed E-state index contributed by atoms with van der Waals surface area (Å²) in [6.45, 7) is 5.76. The van der Waals surface area contributed by atoms with Crippen molar-refractivity contribution in [3.63, 3.8) is 0 Å². The second-order valence-corrected chi connectivity index (χ2v) is 4.28. The van der Waals surface area contributed by atoms with Crippen molar-refractivity contribution in [2.24, 2.45) is 0 Å². The third kappa shape index (κ3) is 3.69. The Kier molecular flexibility index (Phi) is 6.31. The van der Waals surface area contributed by atoms with Crippen molar-refractivity contribution < 1.29 is 0 Å². The zero-order valence-electron chi connectivity index (χ0n) is 13.1. The maximum atomic E-state index is 8.97. The van der Waals surface area contributed by atoms with E-state index in [4.69, 9.17) is 18.1 Å².